The Morgan fingerprint density at radius 2 is 1.87 bits per heavy atom. The second-order valence-corrected chi connectivity index (χ2v) is 8.22. The number of rotatable bonds is 6. The van der Waals surface area contributed by atoms with Gasteiger partial charge in [0.25, 0.3) is 0 Å². The van der Waals surface area contributed by atoms with Gasteiger partial charge >= 0.3 is 5.97 Å². The van der Waals surface area contributed by atoms with Crippen LogP contribution in [-0.4, -0.2) is 25.0 Å². The molecule has 2 aromatic carbocycles. The topological polar surface area (TPSA) is 67.4 Å². The fourth-order valence-corrected chi connectivity index (χ4v) is 4.99. The quantitative estimate of drug-likeness (QED) is 0.548. The summed E-state index contributed by atoms with van der Waals surface area (Å²) in [4.78, 5) is 26.7. The van der Waals surface area contributed by atoms with Gasteiger partial charge in [-0.05, 0) is 31.0 Å². The Hall–Kier alpha value is -2.99. The van der Waals surface area contributed by atoms with Crippen molar-refractivity contribution in [1.29, 1.82) is 0 Å². The number of carbonyl (C=O) groups is 2. The van der Waals surface area contributed by atoms with Gasteiger partial charge in [0.05, 0.1) is 30.2 Å². The molecule has 0 saturated carbocycles. The van der Waals surface area contributed by atoms with E-state index >= 15 is 0 Å². The summed E-state index contributed by atoms with van der Waals surface area (Å²) >= 11 is 1.71. The van der Waals surface area contributed by atoms with E-state index < -0.39 is 5.92 Å². The number of esters is 1. The van der Waals surface area contributed by atoms with Crippen LogP contribution in [0.4, 0.5) is 0 Å². The minimum absolute atomic E-state index is 0.139. The highest BCUT2D eigenvalue weighted by Crippen LogP contribution is 2.43. The summed E-state index contributed by atoms with van der Waals surface area (Å²) in [5.74, 6) is -0.179. The molecule has 0 saturated heterocycles. The van der Waals surface area contributed by atoms with Crippen LogP contribution in [0.2, 0.25) is 0 Å². The van der Waals surface area contributed by atoms with Crippen molar-refractivity contribution in [1.82, 2.24) is 10.6 Å². The summed E-state index contributed by atoms with van der Waals surface area (Å²) in [7, 11) is 0. The number of carbonyl (C=O) groups excluding carboxylic acids is 2. The largest absolute Gasteiger partial charge is 0.463 e. The summed E-state index contributed by atoms with van der Waals surface area (Å²) in [6.45, 7) is 4.38. The summed E-state index contributed by atoms with van der Waals surface area (Å²) in [5.41, 5.74) is 4.84. The van der Waals surface area contributed by atoms with E-state index in [0.29, 0.717) is 17.7 Å². The number of thioether (sulfide) groups is 1. The van der Waals surface area contributed by atoms with Crippen LogP contribution in [0, 0.1) is 0 Å². The molecule has 2 N–H and O–H groups in total. The summed E-state index contributed by atoms with van der Waals surface area (Å²) in [6.07, 6.45) is 0. The molecule has 5 nitrogen and oxygen atoms in total. The minimum Gasteiger partial charge on any atom is -0.463 e. The molecule has 0 spiro atoms. The number of benzene rings is 2. The lowest BCUT2D eigenvalue weighted by Gasteiger charge is -2.29. The van der Waals surface area contributed by atoms with E-state index in [-0.39, 0.29) is 18.5 Å². The summed E-state index contributed by atoms with van der Waals surface area (Å²) in [5, 5.41) is 6.13. The Kier molecular flexibility index (Phi) is 5.95. The molecular formula is C24H24N2O3S. The zero-order valence-electron chi connectivity index (χ0n) is 17.0. The molecule has 0 fully saturated rings. The molecule has 1 atom stereocenters. The van der Waals surface area contributed by atoms with Gasteiger partial charge in [0.2, 0.25) is 5.91 Å². The lowest BCUT2D eigenvalue weighted by molar-refractivity contribution is -0.138. The maximum Gasteiger partial charge on any atom is 0.336 e. The van der Waals surface area contributed by atoms with Crippen molar-refractivity contribution < 1.29 is 14.3 Å². The van der Waals surface area contributed by atoms with Crippen molar-refractivity contribution >= 4 is 23.6 Å². The molecule has 1 unspecified atom stereocenters. The first-order valence-electron chi connectivity index (χ1n) is 10.0. The van der Waals surface area contributed by atoms with E-state index in [9.17, 15) is 9.59 Å². The molecule has 0 radical (unpaired) electrons. The Morgan fingerprint density at radius 1 is 1.13 bits per heavy atom. The van der Waals surface area contributed by atoms with Crippen molar-refractivity contribution in [3.05, 3.63) is 88.3 Å². The number of ether oxygens (including phenoxy) is 1. The molecular weight excluding hydrogens is 396 g/mol. The number of hydrogen-bond donors (Lipinski definition) is 2. The zero-order valence-corrected chi connectivity index (χ0v) is 17.8. The lowest BCUT2D eigenvalue weighted by Crippen LogP contribution is -2.30. The van der Waals surface area contributed by atoms with E-state index in [1.165, 1.54) is 5.56 Å². The van der Waals surface area contributed by atoms with Gasteiger partial charge < -0.3 is 15.4 Å². The van der Waals surface area contributed by atoms with Crippen molar-refractivity contribution in [3.63, 3.8) is 0 Å². The SMILES string of the molecule is CCOC(=O)C1=C(C)NC2=C(C(=O)NC2)C1c1ccccc1SCc1ccccc1. The molecule has 0 aliphatic carbocycles. The number of dihydropyridines is 1. The van der Waals surface area contributed by atoms with E-state index in [4.69, 9.17) is 4.74 Å². The smallest absolute Gasteiger partial charge is 0.336 e. The van der Waals surface area contributed by atoms with E-state index in [0.717, 1.165) is 27.6 Å². The van der Waals surface area contributed by atoms with E-state index in [1.54, 1.807) is 18.7 Å². The third kappa shape index (κ3) is 3.87. The van der Waals surface area contributed by atoms with Gasteiger partial charge in [0.15, 0.2) is 0 Å². The maximum absolute atomic E-state index is 12.9. The van der Waals surface area contributed by atoms with Crippen LogP contribution in [0.1, 0.15) is 30.9 Å². The molecule has 2 aromatic rings. The second-order valence-electron chi connectivity index (χ2n) is 7.20. The summed E-state index contributed by atoms with van der Waals surface area (Å²) in [6, 6.07) is 18.3. The predicted molar refractivity (Wildman–Crippen MR) is 118 cm³/mol. The third-order valence-corrected chi connectivity index (χ3v) is 6.44. The van der Waals surface area contributed by atoms with Gasteiger partial charge in [-0.25, -0.2) is 4.79 Å². The highest BCUT2D eigenvalue weighted by molar-refractivity contribution is 7.98. The molecule has 1 amide bonds. The fraction of sp³-hybridized carbons (Fsp3) is 0.250. The van der Waals surface area contributed by atoms with Crippen LogP contribution in [-0.2, 0) is 20.1 Å². The van der Waals surface area contributed by atoms with Crippen molar-refractivity contribution in [3.8, 4) is 0 Å². The number of allylic oxidation sites excluding steroid dienone is 1. The van der Waals surface area contributed by atoms with Crippen LogP contribution in [0.25, 0.3) is 0 Å². The molecule has 4 rings (SSSR count). The minimum atomic E-state index is -0.456. The predicted octanol–water partition coefficient (Wildman–Crippen LogP) is 3.89. The van der Waals surface area contributed by atoms with Crippen LogP contribution in [0.15, 0.2) is 82.0 Å². The Labute approximate surface area is 180 Å². The molecule has 6 heteroatoms. The Morgan fingerprint density at radius 3 is 2.63 bits per heavy atom. The van der Waals surface area contributed by atoms with Crippen molar-refractivity contribution in [2.45, 2.75) is 30.4 Å². The molecule has 2 heterocycles. The van der Waals surface area contributed by atoms with E-state index in [2.05, 4.69) is 28.8 Å². The number of amides is 1. The maximum atomic E-state index is 12.9. The molecule has 2 aliphatic heterocycles. The van der Waals surface area contributed by atoms with Gasteiger partial charge in [0.1, 0.15) is 0 Å². The number of nitrogens with one attached hydrogen (secondary N) is 2. The first kappa shape index (κ1) is 20.3. The third-order valence-electron chi connectivity index (χ3n) is 5.28. The van der Waals surface area contributed by atoms with Crippen LogP contribution >= 0.6 is 11.8 Å². The molecule has 0 aromatic heterocycles. The van der Waals surface area contributed by atoms with Gasteiger partial charge in [-0.15, -0.1) is 11.8 Å². The molecule has 154 valence electrons. The van der Waals surface area contributed by atoms with Crippen LogP contribution in [0.3, 0.4) is 0 Å². The molecule has 30 heavy (non-hydrogen) atoms. The monoisotopic (exact) mass is 420 g/mol. The second kappa shape index (κ2) is 8.79. The van der Waals surface area contributed by atoms with E-state index in [1.807, 2.05) is 43.3 Å². The Bertz CT molecular complexity index is 1040. The average Bonchev–Trinajstić information content (AvgIpc) is 3.12. The standard InChI is InChI=1S/C24H24N2O3S/c1-3-29-24(28)20-15(2)26-18-13-25-23(27)22(18)21(20)17-11-7-8-12-19(17)30-14-16-9-5-4-6-10-16/h4-12,21,26H,3,13-14H2,1-2H3,(H,25,27). The lowest BCUT2D eigenvalue weighted by atomic mass is 9.81. The first-order chi connectivity index (χ1) is 14.6. The van der Waals surface area contributed by atoms with Gasteiger partial charge in [-0.1, -0.05) is 48.5 Å². The fourth-order valence-electron chi connectivity index (χ4n) is 3.94. The molecule has 2 aliphatic rings. The zero-order chi connectivity index (χ0) is 21.1. The molecule has 0 bridgehead atoms. The first-order valence-corrected chi connectivity index (χ1v) is 11.0. The highest BCUT2D eigenvalue weighted by atomic mass is 32.2. The highest BCUT2D eigenvalue weighted by Gasteiger charge is 2.41. The van der Waals surface area contributed by atoms with Crippen molar-refractivity contribution in [2.24, 2.45) is 0 Å². The number of hydrogen-bond acceptors (Lipinski definition) is 5. The van der Waals surface area contributed by atoms with Gasteiger partial charge in [-0.2, -0.15) is 0 Å². The van der Waals surface area contributed by atoms with Crippen LogP contribution < -0.4 is 10.6 Å². The Balaban J connectivity index is 1.76. The van der Waals surface area contributed by atoms with Crippen LogP contribution in [0.5, 0.6) is 0 Å². The van der Waals surface area contributed by atoms with Gasteiger partial charge in [-0.3, -0.25) is 4.79 Å². The van der Waals surface area contributed by atoms with Crippen molar-refractivity contribution in [2.75, 3.05) is 13.2 Å². The summed E-state index contributed by atoms with van der Waals surface area (Å²) < 4.78 is 5.36. The normalized spacial score (nSPS) is 18.1. The average molecular weight is 421 g/mol. The van der Waals surface area contributed by atoms with Gasteiger partial charge in [0, 0.05) is 22.0 Å².